The molecule has 4 rings (SSSR count). The molecule has 0 radical (unpaired) electrons. The Morgan fingerprint density at radius 2 is 1.37 bits per heavy atom. The Morgan fingerprint density at radius 3 is 2.00 bits per heavy atom. The van der Waals surface area contributed by atoms with Crippen LogP contribution in [0.2, 0.25) is 0 Å². The summed E-state index contributed by atoms with van der Waals surface area (Å²) < 4.78 is 54.5. The van der Waals surface area contributed by atoms with Crippen LogP contribution in [-0.2, 0) is 26.5 Å². The zero-order chi connectivity index (χ0) is 19.2. The predicted octanol–water partition coefficient (Wildman–Crippen LogP) is 2.61. The van der Waals surface area contributed by atoms with Crippen molar-refractivity contribution in [2.45, 2.75) is 42.0 Å². The van der Waals surface area contributed by atoms with Gasteiger partial charge in [-0.3, -0.25) is 4.31 Å². The third-order valence-electron chi connectivity index (χ3n) is 5.23. The number of benzene rings is 2. The van der Waals surface area contributed by atoms with Gasteiger partial charge in [0.1, 0.15) is 0 Å². The van der Waals surface area contributed by atoms with Crippen LogP contribution in [0.4, 0.5) is 5.69 Å². The topological polar surface area (TPSA) is 74.8 Å². The summed E-state index contributed by atoms with van der Waals surface area (Å²) in [4.78, 5) is 0.240. The number of rotatable bonds is 4. The summed E-state index contributed by atoms with van der Waals surface area (Å²) in [5, 5.41) is 0. The predicted molar refractivity (Wildman–Crippen MR) is 104 cm³/mol. The quantitative estimate of drug-likeness (QED) is 0.782. The second-order valence-corrected chi connectivity index (χ2v) is 10.8. The first-order valence-corrected chi connectivity index (χ1v) is 11.9. The highest BCUT2D eigenvalue weighted by Gasteiger charge is 2.36. The molecule has 1 atom stereocenters. The molecule has 144 valence electrons. The van der Waals surface area contributed by atoms with Crippen molar-refractivity contribution in [1.82, 2.24) is 4.31 Å². The van der Waals surface area contributed by atoms with Gasteiger partial charge in [0.25, 0.3) is 10.0 Å². The van der Waals surface area contributed by atoms with Gasteiger partial charge in [0.15, 0.2) is 0 Å². The first kappa shape index (κ1) is 18.5. The Kier molecular flexibility index (Phi) is 4.52. The Balaban J connectivity index is 1.68. The van der Waals surface area contributed by atoms with E-state index in [1.807, 2.05) is 31.2 Å². The van der Waals surface area contributed by atoms with Crippen molar-refractivity contribution in [3.8, 4) is 0 Å². The molecule has 2 aromatic rings. The van der Waals surface area contributed by atoms with E-state index in [1.165, 1.54) is 32.9 Å². The first-order chi connectivity index (χ1) is 12.8. The molecule has 0 unspecified atom stereocenters. The number of nitrogens with zero attached hydrogens (tertiary/aromatic N) is 2. The minimum atomic E-state index is -3.76. The monoisotopic (exact) mass is 406 g/mol. The van der Waals surface area contributed by atoms with Gasteiger partial charge < -0.3 is 0 Å². The summed E-state index contributed by atoms with van der Waals surface area (Å²) in [6.45, 7) is 2.92. The molecular formula is C19H22N2O4S2. The highest BCUT2D eigenvalue weighted by atomic mass is 32.2. The summed E-state index contributed by atoms with van der Waals surface area (Å²) in [5.74, 6) is 0. The van der Waals surface area contributed by atoms with Crippen LogP contribution in [0.1, 0.15) is 25.3 Å². The Morgan fingerprint density at radius 1 is 0.815 bits per heavy atom. The van der Waals surface area contributed by atoms with Gasteiger partial charge in [-0.25, -0.2) is 16.8 Å². The lowest BCUT2D eigenvalue weighted by Gasteiger charge is -2.24. The molecule has 0 bridgehead atoms. The molecule has 0 saturated carbocycles. The van der Waals surface area contributed by atoms with Crippen molar-refractivity contribution in [2.24, 2.45) is 0 Å². The van der Waals surface area contributed by atoms with Gasteiger partial charge in [0.2, 0.25) is 10.0 Å². The summed E-state index contributed by atoms with van der Waals surface area (Å²) in [5.41, 5.74) is 1.69. The van der Waals surface area contributed by atoms with Gasteiger partial charge >= 0.3 is 0 Å². The van der Waals surface area contributed by atoms with E-state index in [9.17, 15) is 16.8 Å². The van der Waals surface area contributed by atoms with Gasteiger partial charge in [-0.05, 0) is 62.1 Å². The molecule has 27 heavy (non-hydrogen) atoms. The van der Waals surface area contributed by atoms with Crippen LogP contribution >= 0.6 is 0 Å². The molecule has 0 amide bonds. The maximum Gasteiger partial charge on any atom is 0.264 e. The Bertz CT molecular complexity index is 1060. The smallest absolute Gasteiger partial charge is 0.263 e. The lowest BCUT2D eigenvalue weighted by atomic mass is 10.1. The molecule has 1 saturated heterocycles. The normalized spacial score (nSPS) is 20.8. The van der Waals surface area contributed by atoms with Gasteiger partial charge in [-0.2, -0.15) is 4.31 Å². The highest BCUT2D eigenvalue weighted by molar-refractivity contribution is 7.93. The van der Waals surface area contributed by atoms with Crippen LogP contribution in [-0.4, -0.2) is 40.3 Å². The largest absolute Gasteiger partial charge is 0.264 e. The number of anilines is 1. The van der Waals surface area contributed by atoms with Crippen LogP contribution in [0.25, 0.3) is 0 Å². The zero-order valence-corrected chi connectivity index (χ0v) is 16.7. The Labute approximate surface area is 160 Å². The first-order valence-electron chi connectivity index (χ1n) is 9.04. The van der Waals surface area contributed by atoms with Crippen LogP contribution < -0.4 is 4.31 Å². The molecular weight excluding hydrogens is 384 g/mol. The molecule has 6 nitrogen and oxygen atoms in total. The number of hydrogen-bond donors (Lipinski definition) is 0. The summed E-state index contributed by atoms with van der Waals surface area (Å²) in [6.07, 6.45) is 2.38. The number of para-hydroxylation sites is 1. The van der Waals surface area contributed by atoms with Crippen LogP contribution in [0.5, 0.6) is 0 Å². The highest BCUT2D eigenvalue weighted by Crippen LogP contribution is 2.36. The zero-order valence-electron chi connectivity index (χ0n) is 15.1. The van der Waals surface area contributed by atoms with E-state index >= 15 is 0 Å². The molecule has 2 aliphatic heterocycles. The minimum absolute atomic E-state index is 0.103. The van der Waals surface area contributed by atoms with Gasteiger partial charge in [0.05, 0.1) is 15.5 Å². The molecule has 8 heteroatoms. The molecule has 0 spiro atoms. The average molecular weight is 407 g/mol. The standard InChI is InChI=1S/C19H22N2O4S2/c1-15-14-16-6-2-3-7-19(16)21(15)27(24,25)18-10-8-17(9-11-18)26(22,23)20-12-4-5-13-20/h2-3,6-11,15H,4-5,12-14H2,1H3/t15-/m0/s1. The van der Waals surface area contributed by atoms with Crippen LogP contribution in [0, 0.1) is 0 Å². The van der Waals surface area contributed by atoms with Crippen molar-refractivity contribution < 1.29 is 16.8 Å². The SMILES string of the molecule is C[C@H]1Cc2ccccc2N1S(=O)(=O)c1ccc(S(=O)(=O)N2CCCC2)cc1. The maximum absolute atomic E-state index is 13.2. The van der Waals surface area contributed by atoms with E-state index in [0.29, 0.717) is 25.2 Å². The average Bonchev–Trinajstić information content (AvgIpc) is 3.29. The maximum atomic E-state index is 13.2. The van der Waals surface area contributed by atoms with E-state index in [1.54, 1.807) is 0 Å². The van der Waals surface area contributed by atoms with E-state index in [0.717, 1.165) is 18.4 Å². The third kappa shape index (κ3) is 3.05. The van der Waals surface area contributed by atoms with Gasteiger partial charge in [-0.15, -0.1) is 0 Å². The van der Waals surface area contributed by atoms with Crippen molar-refractivity contribution in [1.29, 1.82) is 0 Å². The molecule has 0 N–H and O–H groups in total. The number of fused-ring (bicyclic) bond motifs is 1. The fourth-order valence-corrected chi connectivity index (χ4v) is 7.09. The molecule has 0 aromatic heterocycles. The van der Waals surface area contributed by atoms with Crippen LogP contribution in [0.15, 0.2) is 58.3 Å². The fraction of sp³-hybridized carbons (Fsp3) is 0.368. The minimum Gasteiger partial charge on any atom is -0.263 e. The summed E-state index contributed by atoms with van der Waals surface area (Å²) in [7, 11) is -7.31. The van der Waals surface area contributed by atoms with Crippen LogP contribution in [0.3, 0.4) is 0 Å². The fourth-order valence-electron chi connectivity index (χ4n) is 3.88. The molecule has 1 fully saturated rings. The second kappa shape index (κ2) is 6.61. The van der Waals surface area contributed by atoms with Crippen molar-refractivity contribution >= 4 is 25.7 Å². The van der Waals surface area contributed by atoms with E-state index in [4.69, 9.17) is 0 Å². The number of hydrogen-bond acceptors (Lipinski definition) is 4. The third-order valence-corrected chi connectivity index (χ3v) is 9.08. The molecule has 2 heterocycles. The molecule has 2 aliphatic rings. The number of sulfonamides is 2. The lowest BCUT2D eigenvalue weighted by molar-refractivity contribution is 0.477. The summed E-state index contributed by atoms with van der Waals surface area (Å²) in [6, 6.07) is 12.9. The van der Waals surface area contributed by atoms with Crippen molar-refractivity contribution in [2.75, 3.05) is 17.4 Å². The molecule has 0 aliphatic carbocycles. The summed E-state index contributed by atoms with van der Waals surface area (Å²) >= 11 is 0. The van der Waals surface area contributed by atoms with Crippen molar-refractivity contribution in [3.05, 3.63) is 54.1 Å². The lowest BCUT2D eigenvalue weighted by Crippen LogP contribution is -2.35. The van der Waals surface area contributed by atoms with E-state index in [2.05, 4.69) is 0 Å². The van der Waals surface area contributed by atoms with Gasteiger partial charge in [-0.1, -0.05) is 18.2 Å². The van der Waals surface area contributed by atoms with E-state index < -0.39 is 20.0 Å². The Hall–Kier alpha value is -1.90. The van der Waals surface area contributed by atoms with Gasteiger partial charge in [0, 0.05) is 19.1 Å². The molecule has 2 aromatic carbocycles. The van der Waals surface area contributed by atoms with Crippen molar-refractivity contribution in [3.63, 3.8) is 0 Å². The van der Waals surface area contributed by atoms with E-state index in [-0.39, 0.29) is 15.8 Å². The second-order valence-electron chi connectivity index (χ2n) is 7.07.